The van der Waals surface area contributed by atoms with Gasteiger partial charge in [-0.1, -0.05) is 51.0 Å². The molecule has 0 amide bonds. The second kappa shape index (κ2) is 12.0. The topological polar surface area (TPSA) is 74.6 Å². The molecule has 0 aromatic heterocycles. The summed E-state index contributed by atoms with van der Waals surface area (Å²) in [5, 5.41) is 17.9. The van der Waals surface area contributed by atoms with Crippen LogP contribution in [0.15, 0.2) is 24.3 Å². The number of hydrogen-bond donors (Lipinski definition) is 2. The molecular weight excluding hydrogens is 335 g/mol. The lowest BCUT2D eigenvalue weighted by Crippen LogP contribution is -2.18. The lowest BCUT2D eigenvalue weighted by Gasteiger charge is -2.17. The molecule has 4 nitrogen and oxygen atoms in total. The van der Waals surface area contributed by atoms with Gasteiger partial charge in [-0.25, -0.2) is 9.18 Å². The van der Waals surface area contributed by atoms with Crippen LogP contribution in [-0.2, 0) is 9.59 Å². The summed E-state index contributed by atoms with van der Waals surface area (Å²) in [6.07, 6.45) is 10.2. The van der Waals surface area contributed by atoms with Crippen LogP contribution < -0.4 is 0 Å². The Morgan fingerprint density at radius 1 is 1.31 bits per heavy atom. The average molecular weight is 368 g/mol. The van der Waals surface area contributed by atoms with Crippen molar-refractivity contribution in [2.75, 3.05) is 0 Å². The Hall–Kier alpha value is -1.49. The predicted molar refractivity (Wildman–Crippen MR) is 101 cm³/mol. The number of Topliss-reactive ketones (excluding diaryl/α,β-unsaturated/α-hetero) is 1. The number of hydrogen-bond acceptors (Lipinski definition) is 3. The van der Waals surface area contributed by atoms with Crippen LogP contribution in [0, 0.1) is 17.8 Å². The third-order valence-corrected chi connectivity index (χ3v) is 5.13. The monoisotopic (exact) mass is 368 g/mol. The number of rotatable bonds is 12. The van der Waals surface area contributed by atoms with Gasteiger partial charge in [-0.2, -0.15) is 0 Å². The zero-order chi connectivity index (χ0) is 19.5. The van der Waals surface area contributed by atoms with E-state index in [-0.39, 0.29) is 30.0 Å². The molecule has 1 saturated carbocycles. The van der Waals surface area contributed by atoms with Crippen molar-refractivity contribution in [2.45, 2.75) is 77.5 Å². The van der Waals surface area contributed by atoms with Gasteiger partial charge in [-0.15, -0.1) is 0 Å². The molecule has 0 aromatic carbocycles. The van der Waals surface area contributed by atoms with Crippen LogP contribution in [0.5, 0.6) is 0 Å². The maximum Gasteiger partial charge on any atom is 0.332 e. The molecule has 0 aliphatic heterocycles. The van der Waals surface area contributed by atoms with Crippen LogP contribution in [0.1, 0.15) is 65.2 Å². The quantitative estimate of drug-likeness (QED) is 0.498. The van der Waals surface area contributed by atoms with Gasteiger partial charge in [-0.3, -0.25) is 4.79 Å². The van der Waals surface area contributed by atoms with Crippen LogP contribution in [-0.4, -0.2) is 34.2 Å². The van der Waals surface area contributed by atoms with E-state index in [1.165, 1.54) is 0 Å². The highest BCUT2D eigenvalue weighted by molar-refractivity contribution is 5.84. The number of carboxylic acid groups (broad SMARTS) is 1. The minimum atomic E-state index is -1.34. The normalized spacial score (nSPS) is 26.0. The van der Waals surface area contributed by atoms with Gasteiger partial charge in [0, 0.05) is 12.3 Å². The number of halogens is 1. The Kier molecular flexibility index (Phi) is 10.4. The number of aliphatic hydroxyl groups is 1. The molecule has 0 spiro atoms. The number of aliphatic hydroxyl groups excluding tert-OH is 1. The van der Waals surface area contributed by atoms with E-state index in [1.54, 1.807) is 0 Å². The molecule has 1 aliphatic carbocycles. The molecule has 26 heavy (non-hydrogen) atoms. The van der Waals surface area contributed by atoms with Crippen LogP contribution in [0.25, 0.3) is 0 Å². The van der Waals surface area contributed by atoms with Crippen molar-refractivity contribution in [3.63, 3.8) is 0 Å². The fourth-order valence-corrected chi connectivity index (χ4v) is 3.49. The molecule has 5 heteroatoms. The Balaban J connectivity index is 2.48. The van der Waals surface area contributed by atoms with Gasteiger partial charge >= 0.3 is 5.97 Å². The minimum Gasteiger partial charge on any atom is -0.479 e. The number of allylic oxidation sites excluding steroid dienone is 4. The van der Waals surface area contributed by atoms with E-state index in [0.29, 0.717) is 32.1 Å². The van der Waals surface area contributed by atoms with Crippen molar-refractivity contribution in [3.05, 3.63) is 24.3 Å². The molecular formula is C21H33FO4. The van der Waals surface area contributed by atoms with Crippen LogP contribution >= 0.6 is 0 Å². The molecule has 0 bridgehead atoms. The summed E-state index contributed by atoms with van der Waals surface area (Å²) in [5.74, 6) is -0.663. The summed E-state index contributed by atoms with van der Waals surface area (Å²) >= 11 is 0. The first-order valence-electron chi connectivity index (χ1n) is 9.76. The summed E-state index contributed by atoms with van der Waals surface area (Å²) in [6, 6.07) is 0. The van der Waals surface area contributed by atoms with Gasteiger partial charge in [0.25, 0.3) is 0 Å². The van der Waals surface area contributed by atoms with Gasteiger partial charge < -0.3 is 10.2 Å². The number of unbranched alkanes of at least 4 members (excludes halogenated alkanes) is 1. The zero-order valence-corrected chi connectivity index (χ0v) is 15.9. The van der Waals surface area contributed by atoms with E-state index < -0.39 is 18.2 Å². The smallest absolute Gasteiger partial charge is 0.332 e. The summed E-state index contributed by atoms with van der Waals surface area (Å²) < 4.78 is 13.8. The predicted octanol–water partition coefficient (Wildman–Crippen LogP) is 4.47. The van der Waals surface area contributed by atoms with E-state index >= 15 is 0 Å². The molecule has 1 aliphatic rings. The van der Waals surface area contributed by atoms with E-state index in [4.69, 9.17) is 5.11 Å². The van der Waals surface area contributed by atoms with Crippen molar-refractivity contribution in [1.29, 1.82) is 0 Å². The summed E-state index contributed by atoms with van der Waals surface area (Å²) in [6.45, 7) is 4.11. The lowest BCUT2D eigenvalue weighted by molar-refractivity contribution is -0.146. The fraction of sp³-hybridized carbons (Fsp3) is 0.714. The summed E-state index contributed by atoms with van der Waals surface area (Å²) in [5.41, 5.74) is 0. The van der Waals surface area contributed by atoms with E-state index in [2.05, 4.69) is 13.8 Å². The second-order valence-electron chi connectivity index (χ2n) is 7.37. The van der Waals surface area contributed by atoms with Crippen LogP contribution in [0.2, 0.25) is 0 Å². The molecule has 0 aromatic rings. The molecule has 5 atom stereocenters. The molecule has 0 heterocycles. The highest BCUT2D eigenvalue weighted by atomic mass is 19.1. The van der Waals surface area contributed by atoms with Gasteiger partial charge in [0.2, 0.25) is 0 Å². The van der Waals surface area contributed by atoms with Gasteiger partial charge in [0.1, 0.15) is 12.0 Å². The number of aliphatic carboxylic acids is 1. The van der Waals surface area contributed by atoms with Crippen molar-refractivity contribution >= 4 is 11.8 Å². The van der Waals surface area contributed by atoms with Gasteiger partial charge in [0.15, 0.2) is 6.10 Å². The second-order valence-corrected chi connectivity index (χ2v) is 7.37. The highest BCUT2D eigenvalue weighted by Gasteiger charge is 2.37. The van der Waals surface area contributed by atoms with E-state index in [9.17, 15) is 19.1 Å². The molecule has 1 unspecified atom stereocenters. The number of ketones is 1. The van der Waals surface area contributed by atoms with Crippen LogP contribution in [0.4, 0.5) is 4.39 Å². The lowest BCUT2D eigenvalue weighted by atomic mass is 9.87. The van der Waals surface area contributed by atoms with Crippen molar-refractivity contribution in [1.82, 2.24) is 0 Å². The Labute approximate surface area is 156 Å². The maximum absolute atomic E-state index is 13.8. The molecule has 0 saturated heterocycles. The Morgan fingerprint density at radius 2 is 2.04 bits per heavy atom. The highest BCUT2D eigenvalue weighted by Crippen LogP contribution is 2.37. The molecule has 2 N–H and O–H groups in total. The van der Waals surface area contributed by atoms with Gasteiger partial charge in [-0.05, 0) is 43.9 Å². The summed E-state index contributed by atoms with van der Waals surface area (Å²) in [7, 11) is 0. The SMILES string of the molecule is CCCC[C@H](F)CC=C[C@H]1[C@H](C)CC(=O)[C@@H]1CC=CCCC(O)C(=O)O. The Morgan fingerprint density at radius 3 is 2.69 bits per heavy atom. The molecule has 1 rings (SSSR count). The Bertz CT molecular complexity index is 500. The zero-order valence-electron chi connectivity index (χ0n) is 15.9. The van der Waals surface area contributed by atoms with Crippen molar-refractivity contribution in [3.8, 4) is 0 Å². The standard InChI is InChI=1S/C21H33FO4/c1-3-4-9-16(22)10-8-12-17-15(2)14-20(24)18(17)11-6-5-7-13-19(23)21(25)26/h5-6,8,12,15-19,23H,3-4,7,9-11,13-14H2,1-2H3,(H,25,26)/t15-,16+,17+,18-,19?/m1/s1. The number of alkyl halides is 1. The fourth-order valence-electron chi connectivity index (χ4n) is 3.49. The number of carbonyl (C=O) groups excluding carboxylic acids is 1. The molecule has 1 fully saturated rings. The van der Waals surface area contributed by atoms with E-state index in [0.717, 1.165) is 12.8 Å². The van der Waals surface area contributed by atoms with Crippen molar-refractivity contribution in [2.24, 2.45) is 17.8 Å². The largest absolute Gasteiger partial charge is 0.479 e. The maximum atomic E-state index is 13.8. The molecule has 148 valence electrons. The first-order valence-corrected chi connectivity index (χ1v) is 9.76. The average Bonchev–Trinajstić information content (AvgIpc) is 2.86. The van der Waals surface area contributed by atoms with Crippen LogP contribution in [0.3, 0.4) is 0 Å². The number of carboxylic acids is 1. The van der Waals surface area contributed by atoms with E-state index in [1.807, 2.05) is 24.3 Å². The minimum absolute atomic E-state index is 0.0874. The number of carbonyl (C=O) groups is 2. The summed E-state index contributed by atoms with van der Waals surface area (Å²) in [4.78, 5) is 22.8. The first kappa shape index (κ1) is 22.6. The molecule has 0 radical (unpaired) electrons. The van der Waals surface area contributed by atoms with Gasteiger partial charge in [0.05, 0.1) is 0 Å². The third-order valence-electron chi connectivity index (χ3n) is 5.13. The first-order chi connectivity index (χ1) is 12.4. The van der Waals surface area contributed by atoms with Crippen molar-refractivity contribution < 1.29 is 24.2 Å². The third kappa shape index (κ3) is 7.81.